The molecule has 2 atom stereocenters. The maximum Gasteiger partial charge on any atom is 0.347 e. The summed E-state index contributed by atoms with van der Waals surface area (Å²) >= 11 is 5.93. The molecule has 0 bridgehead atoms. The molecule has 7 heteroatoms. The van der Waals surface area contributed by atoms with E-state index in [1.807, 2.05) is 34.8 Å². The molecule has 1 aromatic heterocycles. The van der Waals surface area contributed by atoms with Crippen LogP contribution in [-0.2, 0) is 16.6 Å². The van der Waals surface area contributed by atoms with Gasteiger partial charge in [-0.3, -0.25) is 4.79 Å². The molecule has 0 N–H and O–H groups in total. The van der Waals surface area contributed by atoms with Gasteiger partial charge in [0.25, 0.3) is 5.91 Å². The average Bonchev–Trinajstić information content (AvgIpc) is 3.13. The molecule has 0 spiro atoms. The van der Waals surface area contributed by atoms with Crippen molar-refractivity contribution in [3.05, 3.63) is 53.3 Å². The Bertz CT molecular complexity index is 851. The summed E-state index contributed by atoms with van der Waals surface area (Å²) < 4.78 is 12.8. The fourth-order valence-electron chi connectivity index (χ4n) is 3.60. The second-order valence-electron chi connectivity index (χ2n) is 7.33. The van der Waals surface area contributed by atoms with Gasteiger partial charge in [0.1, 0.15) is 11.4 Å². The third-order valence-electron chi connectivity index (χ3n) is 5.19. The Morgan fingerprint density at radius 1 is 1.24 bits per heavy atom. The third kappa shape index (κ3) is 5.54. The standard InChI is InChI=1S/C22H27ClN2O4/c1-16(29-19-9-5-7-17(23)15-19)22(27)28-14-11-18-8-3-4-13-25(18)21(26)20-10-6-12-24(20)2/h5-7,9-10,12,15-16,18H,3-4,8,11,13-14H2,1-2H3. The first-order valence-corrected chi connectivity index (χ1v) is 10.3. The Kier molecular flexibility index (Phi) is 7.20. The molecule has 2 aromatic rings. The Balaban J connectivity index is 1.50. The molecule has 0 aliphatic carbocycles. The summed E-state index contributed by atoms with van der Waals surface area (Å²) in [5.74, 6) is 0.126. The van der Waals surface area contributed by atoms with E-state index in [2.05, 4.69) is 0 Å². The van der Waals surface area contributed by atoms with Crippen molar-refractivity contribution in [1.82, 2.24) is 9.47 Å². The van der Waals surface area contributed by atoms with Gasteiger partial charge in [-0.1, -0.05) is 17.7 Å². The van der Waals surface area contributed by atoms with Gasteiger partial charge in [0.05, 0.1) is 6.61 Å². The lowest BCUT2D eigenvalue weighted by Crippen LogP contribution is -2.45. The van der Waals surface area contributed by atoms with Crippen molar-refractivity contribution in [2.45, 2.75) is 44.8 Å². The lowest BCUT2D eigenvalue weighted by atomic mass is 9.99. The molecule has 3 rings (SSSR count). The van der Waals surface area contributed by atoms with E-state index in [1.54, 1.807) is 31.2 Å². The van der Waals surface area contributed by atoms with Gasteiger partial charge < -0.3 is 18.9 Å². The number of aryl methyl sites for hydroxylation is 1. The van der Waals surface area contributed by atoms with Crippen LogP contribution in [0.25, 0.3) is 0 Å². The van der Waals surface area contributed by atoms with Crippen LogP contribution in [0.4, 0.5) is 0 Å². The maximum atomic E-state index is 12.9. The fourth-order valence-corrected chi connectivity index (χ4v) is 3.78. The Hall–Kier alpha value is -2.47. The zero-order valence-corrected chi connectivity index (χ0v) is 17.6. The Morgan fingerprint density at radius 3 is 2.79 bits per heavy atom. The summed E-state index contributed by atoms with van der Waals surface area (Å²) in [7, 11) is 1.87. The molecule has 156 valence electrons. The number of halogens is 1. The van der Waals surface area contributed by atoms with Crippen LogP contribution in [0.3, 0.4) is 0 Å². The zero-order chi connectivity index (χ0) is 20.8. The number of hydrogen-bond donors (Lipinski definition) is 0. The third-order valence-corrected chi connectivity index (χ3v) is 5.42. The van der Waals surface area contributed by atoms with Crippen molar-refractivity contribution in [3.8, 4) is 5.75 Å². The smallest absolute Gasteiger partial charge is 0.347 e. The van der Waals surface area contributed by atoms with Crippen molar-refractivity contribution in [2.75, 3.05) is 13.2 Å². The number of esters is 1. The minimum atomic E-state index is -0.735. The highest BCUT2D eigenvalue weighted by atomic mass is 35.5. The van der Waals surface area contributed by atoms with E-state index in [-0.39, 0.29) is 18.6 Å². The number of aromatic nitrogens is 1. The first-order valence-electron chi connectivity index (χ1n) is 9.97. The van der Waals surface area contributed by atoms with Crippen molar-refractivity contribution < 1.29 is 19.1 Å². The lowest BCUT2D eigenvalue weighted by molar-refractivity contribution is -0.151. The molecule has 29 heavy (non-hydrogen) atoms. The minimum Gasteiger partial charge on any atom is -0.479 e. The zero-order valence-electron chi connectivity index (χ0n) is 16.8. The monoisotopic (exact) mass is 418 g/mol. The highest BCUT2D eigenvalue weighted by Gasteiger charge is 2.29. The Morgan fingerprint density at radius 2 is 2.07 bits per heavy atom. The molecule has 0 radical (unpaired) electrons. The Labute approximate surface area is 176 Å². The van der Waals surface area contributed by atoms with E-state index in [0.29, 0.717) is 22.9 Å². The number of piperidine rings is 1. The predicted molar refractivity (Wildman–Crippen MR) is 111 cm³/mol. The van der Waals surface area contributed by atoms with Crippen molar-refractivity contribution >= 4 is 23.5 Å². The van der Waals surface area contributed by atoms with Crippen LogP contribution >= 0.6 is 11.6 Å². The van der Waals surface area contributed by atoms with Crippen LogP contribution in [0.5, 0.6) is 5.75 Å². The average molecular weight is 419 g/mol. The van der Waals surface area contributed by atoms with Crippen molar-refractivity contribution in [1.29, 1.82) is 0 Å². The lowest BCUT2D eigenvalue weighted by Gasteiger charge is -2.35. The van der Waals surface area contributed by atoms with Gasteiger partial charge >= 0.3 is 5.97 Å². The highest BCUT2D eigenvalue weighted by molar-refractivity contribution is 6.30. The van der Waals surface area contributed by atoms with Gasteiger partial charge in [-0.25, -0.2) is 4.79 Å². The fraction of sp³-hybridized carbons (Fsp3) is 0.455. The summed E-state index contributed by atoms with van der Waals surface area (Å²) in [6, 6.07) is 10.7. The molecule has 0 saturated carbocycles. The second kappa shape index (κ2) is 9.83. The first kappa shape index (κ1) is 21.2. The number of benzene rings is 1. The van der Waals surface area contributed by atoms with Crippen LogP contribution in [0, 0.1) is 0 Å². The van der Waals surface area contributed by atoms with E-state index >= 15 is 0 Å². The number of rotatable bonds is 7. The topological polar surface area (TPSA) is 60.8 Å². The molecule has 1 aromatic carbocycles. The number of carbonyl (C=O) groups excluding carboxylic acids is 2. The molecular weight excluding hydrogens is 392 g/mol. The van der Waals surface area contributed by atoms with Crippen LogP contribution in [-0.4, -0.2) is 46.6 Å². The SMILES string of the molecule is CC(Oc1cccc(Cl)c1)C(=O)OCCC1CCCCN1C(=O)c1cccn1C. The van der Waals surface area contributed by atoms with E-state index in [0.717, 1.165) is 25.8 Å². The van der Waals surface area contributed by atoms with Crippen molar-refractivity contribution in [3.63, 3.8) is 0 Å². The molecule has 2 heterocycles. The molecular formula is C22H27ClN2O4. The number of nitrogens with zero attached hydrogens (tertiary/aromatic N) is 2. The first-order chi connectivity index (χ1) is 14.0. The second-order valence-corrected chi connectivity index (χ2v) is 7.76. The molecule has 6 nitrogen and oxygen atoms in total. The van der Waals surface area contributed by atoms with E-state index in [9.17, 15) is 9.59 Å². The van der Waals surface area contributed by atoms with Crippen LogP contribution in [0.1, 0.15) is 43.1 Å². The normalized spacial score (nSPS) is 17.6. The van der Waals surface area contributed by atoms with E-state index in [1.165, 1.54) is 0 Å². The largest absolute Gasteiger partial charge is 0.479 e. The molecule has 2 unspecified atom stereocenters. The van der Waals surface area contributed by atoms with Gasteiger partial charge in [-0.15, -0.1) is 0 Å². The number of amides is 1. The molecule has 1 amide bonds. The molecule has 1 saturated heterocycles. The van der Waals surface area contributed by atoms with E-state index in [4.69, 9.17) is 21.1 Å². The van der Waals surface area contributed by atoms with Gasteiger partial charge in [0.15, 0.2) is 6.10 Å². The summed E-state index contributed by atoms with van der Waals surface area (Å²) in [6.07, 6.45) is 4.74. The molecule has 1 aliphatic heterocycles. The van der Waals surface area contributed by atoms with Crippen LogP contribution in [0.2, 0.25) is 5.02 Å². The van der Waals surface area contributed by atoms with E-state index < -0.39 is 12.1 Å². The van der Waals surface area contributed by atoms with Gasteiger partial charge in [-0.2, -0.15) is 0 Å². The number of likely N-dealkylation sites (tertiary alicyclic amines) is 1. The van der Waals surface area contributed by atoms with Gasteiger partial charge in [0, 0.05) is 37.3 Å². The summed E-state index contributed by atoms with van der Waals surface area (Å²) in [5.41, 5.74) is 0.678. The van der Waals surface area contributed by atoms with Crippen LogP contribution < -0.4 is 4.74 Å². The molecule has 1 aliphatic rings. The van der Waals surface area contributed by atoms with Gasteiger partial charge in [-0.05, 0) is 56.5 Å². The number of ether oxygens (including phenoxy) is 2. The maximum absolute atomic E-state index is 12.9. The van der Waals surface area contributed by atoms with Gasteiger partial charge in [0.2, 0.25) is 0 Å². The summed E-state index contributed by atoms with van der Waals surface area (Å²) in [4.78, 5) is 27.1. The summed E-state index contributed by atoms with van der Waals surface area (Å²) in [6.45, 7) is 2.63. The summed E-state index contributed by atoms with van der Waals surface area (Å²) in [5, 5.41) is 0.545. The number of hydrogen-bond acceptors (Lipinski definition) is 4. The quantitative estimate of drug-likeness (QED) is 0.636. The highest BCUT2D eigenvalue weighted by Crippen LogP contribution is 2.23. The minimum absolute atomic E-state index is 0.0335. The van der Waals surface area contributed by atoms with Crippen molar-refractivity contribution in [2.24, 2.45) is 7.05 Å². The number of carbonyl (C=O) groups is 2. The predicted octanol–water partition coefficient (Wildman–Crippen LogP) is 4.07. The van der Waals surface area contributed by atoms with Crippen LogP contribution in [0.15, 0.2) is 42.6 Å². The molecule has 1 fully saturated rings.